The molecule has 2 heterocycles. The molecule has 1 aliphatic heterocycles. The van der Waals surface area contributed by atoms with Gasteiger partial charge in [-0.3, -0.25) is 4.79 Å². The quantitative estimate of drug-likeness (QED) is 0.137. The van der Waals surface area contributed by atoms with Gasteiger partial charge in [-0.2, -0.15) is 4.98 Å². The topological polar surface area (TPSA) is 90.3 Å². The summed E-state index contributed by atoms with van der Waals surface area (Å²) in [6.07, 6.45) is 0. The Kier molecular flexibility index (Phi) is 10.6. The monoisotopic (exact) mass is 771 g/mol. The van der Waals surface area contributed by atoms with Crippen LogP contribution < -0.4 is 20.1 Å². The molecule has 0 bridgehead atoms. The van der Waals surface area contributed by atoms with Crippen LogP contribution in [0.5, 0.6) is 11.5 Å². The van der Waals surface area contributed by atoms with Crippen molar-refractivity contribution in [2.45, 2.75) is 65.1 Å². The molecule has 258 valence electrons. The molecule has 1 aromatic heterocycles. The van der Waals surface area contributed by atoms with Gasteiger partial charge in [0.2, 0.25) is 11.1 Å². The van der Waals surface area contributed by atoms with Crippen LogP contribution in [0.1, 0.15) is 57.5 Å². The molecule has 5 aromatic rings. The van der Waals surface area contributed by atoms with E-state index >= 15 is 0 Å². The fourth-order valence-electron chi connectivity index (χ4n) is 6.06. The van der Waals surface area contributed by atoms with Gasteiger partial charge in [0.1, 0.15) is 12.6 Å². The average Bonchev–Trinajstić information content (AvgIpc) is 3.48. The molecular formula is C39H39BrClN5O3S. The number of allylic oxidation sites excluding steroid dienone is 1. The van der Waals surface area contributed by atoms with E-state index in [1.54, 1.807) is 11.8 Å². The Morgan fingerprint density at radius 2 is 1.72 bits per heavy atom. The van der Waals surface area contributed by atoms with Gasteiger partial charge in [-0.15, -0.1) is 5.10 Å². The van der Waals surface area contributed by atoms with Crippen LogP contribution >= 0.6 is 39.3 Å². The van der Waals surface area contributed by atoms with Crippen molar-refractivity contribution in [1.29, 1.82) is 0 Å². The summed E-state index contributed by atoms with van der Waals surface area (Å²) in [6, 6.07) is 21.3. The molecule has 6 rings (SSSR count). The van der Waals surface area contributed by atoms with Crippen LogP contribution in [0.3, 0.4) is 0 Å². The summed E-state index contributed by atoms with van der Waals surface area (Å²) < 4.78 is 14.8. The lowest BCUT2D eigenvalue weighted by Crippen LogP contribution is -2.31. The van der Waals surface area contributed by atoms with Crippen molar-refractivity contribution < 1.29 is 14.3 Å². The van der Waals surface area contributed by atoms with E-state index in [1.165, 1.54) is 22.9 Å². The third-order valence-corrected chi connectivity index (χ3v) is 10.8. The standard InChI is InChI=1S/C39H39BrClN5O3S/c1-21-12-13-32(25(5)14-21)43-37(47)34-26(6)42-38-44-39(50-20-27-10-8-9-11-31(27)41)45-46(38)35(34)28-17-30(40)36(33(18-28)48-7)49-19-29-16-23(3)22(2)15-24(29)4/h8-18,35H,19-20H2,1-7H3,(H,43,47)(H,42,44,45). The summed E-state index contributed by atoms with van der Waals surface area (Å²) in [7, 11) is 1.61. The van der Waals surface area contributed by atoms with Crippen molar-refractivity contribution in [3.05, 3.63) is 132 Å². The first-order valence-electron chi connectivity index (χ1n) is 16.2. The van der Waals surface area contributed by atoms with Gasteiger partial charge in [0, 0.05) is 22.2 Å². The van der Waals surface area contributed by atoms with E-state index in [0.29, 0.717) is 55.7 Å². The van der Waals surface area contributed by atoms with Crippen molar-refractivity contribution in [3.63, 3.8) is 0 Å². The first-order chi connectivity index (χ1) is 23.9. The maximum atomic E-state index is 14.3. The number of hydrogen-bond donors (Lipinski definition) is 2. The average molecular weight is 773 g/mol. The zero-order valence-corrected chi connectivity index (χ0v) is 32.2. The smallest absolute Gasteiger partial charge is 0.255 e. The SMILES string of the molecule is COc1cc(C2C(C(=O)Nc3ccc(C)cc3C)=C(C)Nc3nc(SCc4ccccc4Cl)nn32)cc(Br)c1OCc1cc(C)c(C)cc1C. The molecule has 0 saturated carbocycles. The van der Waals surface area contributed by atoms with Gasteiger partial charge in [0.25, 0.3) is 5.91 Å². The van der Waals surface area contributed by atoms with Crippen LogP contribution in [0.15, 0.2) is 87.6 Å². The fraction of sp³-hybridized carbons (Fsp3) is 0.256. The summed E-state index contributed by atoms with van der Waals surface area (Å²) >= 11 is 11.7. The van der Waals surface area contributed by atoms with E-state index in [4.69, 9.17) is 31.2 Å². The number of halogens is 2. The second kappa shape index (κ2) is 14.9. The molecule has 1 aliphatic rings. The summed E-state index contributed by atoms with van der Waals surface area (Å²) in [6.45, 7) is 12.6. The summed E-state index contributed by atoms with van der Waals surface area (Å²) in [4.78, 5) is 19.1. The van der Waals surface area contributed by atoms with Crippen LogP contribution in [0.4, 0.5) is 11.6 Å². The number of benzene rings is 4. The second-order valence-electron chi connectivity index (χ2n) is 12.6. The van der Waals surface area contributed by atoms with Crippen molar-refractivity contribution in [2.75, 3.05) is 17.7 Å². The molecule has 0 saturated heterocycles. The van der Waals surface area contributed by atoms with E-state index in [1.807, 2.05) is 75.4 Å². The fourth-order valence-corrected chi connectivity index (χ4v) is 7.75. The zero-order chi connectivity index (χ0) is 35.7. The largest absolute Gasteiger partial charge is 0.493 e. The maximum Gasteiger partial charge on any atom is 0.255 e. The molecule has 8 nitrogen and oxygen atoms in total. The van der Waals surface area contributed by atoms with Crippen molar-refractivity contribution in [2.24, 2.45) is 0 Å². The summed E-state index contributed by atoms with van der Waals surface area (Å²) in [5.41, 5.74) is 10.5. The lowest BCUT2D eigenvalue weighted by Gasteiger charge is -2.29. The first kappa shape index (κ1) is 35.6. The number of hydrogen-bond acceptors (Lipinski definition) is 7. The van der Waals surface area contributed by atoms with Crippen LogP contribution in [-0.2, 0) is 17.2 Å². The Labute approximate surface area is 310 Å². The number of nitrogens with zero attached hydrogens (tertiary/aromatic N) is 3. The molecule has 50 heavy (non-hydrogen) atoms. The Morgan fingerprint density at radius 3 is 2.46 bits per heavy atom. The molecule has 0 aliphatic carbocycles. The van der Waals surface area contributed by atoms with E-state index in [9.17, 15) is 4.79 Å². The van der Waals surface area contributed by atoms with Crippen molar-refractivity contribution in [1.82, 2.24) is 14.8 Å². The molecule has 1 unspecified atom stereocenters. The van der Waals surface area contributed by atoms with E-state index in [2.05, 4.69) is 59.5 Å². The minimum absolute atomic E-state index is 0.251. The highest BCUT2D eigenvalue weighted by Gasteiger charge is 2.36. The normalized spacial score (nSPS) is 13.9. The first-order valence-corrected chi connectivity index (χ1v) is 18.3. The van der Waals surface area contributed by atoms with Crippen LogP contribution in [0.2, 0.25) is 5.02 Å². The number of rotatable bonds is 10. The van der Waals surface area contributed by atoms with Crippen LogP contribution in [0.25, 0.3) is 0 Å². The molecule has 0 spiro atoms. The van der Waals surface area contributed by atoms with E-state index in [0.717, 1.165) is 39.1 Å². The number of nitrogens with one attached hydrogen (secondary N) is 2. The van der Waals surface area contributed by atoms with Crippen LogP contribution in [0, 0.1) is 34.6 Å². The lowest BCUT2D eigenvalue weighted by atomic mass is 9.94. The number of methoxy groups -OCH3 is 1. The number of anilines is 2. The highest BCUT2D eigenvalue weighted by molar-refractivity contribution is 9.10. The number of ether oxygens (including phenoxy) is 2. The Morgan fingerprint density at radius 1 is 0.960 bits per heavy atom. The second-order valence-corrected chi connectivity index (χ2v) is 14.8. The van der Waals surface area contributed by atoms with Crippen LogP contribution in [-0.4, -0.2) is 27.8 Å². The third-order valence-electron chi connectivity index (χ3n) is 8.91. The minimum atomic E-state index is -0.639. The van der Waals surface area contributed by atoms with Gasteiger partial charge >= 0.3 is 0 Å². The van der Waals surface area contributed by atoms with Crippen molar-refractivity contribution >= 4 is 56.8 Å². The molecule has 0 fully saturated rings. The van der Waals surface area contributed by atoms with Gasteiger partial charge < -0.3 is 20.1 Å². The summed E-state index contributed by atoms with van der Waals surface area (Å²) in [5.74, 6) is 1.96. The molecule has 11 heteroatoms. The predicted molar refractivity (Wildman–Crippen MR) is 206 cm³/mol. The molecule has 1 amide bonds. The Balaban J connectivity index is 1.38. The van der Waals surface area contributed by atoms with E-state index < -0.39 is 6.04 Å². The van der Waals surface area contributed by atoms with Gasteiger partial charge in [-0.1, -0.05) is 71.4 Å². The number of carbonyl (C=O) groups excluding carboxylic acids is 1. The third kappa shape index (κ3) is 7.43. The highest BCUT2D eigenvalue weighted by Crippen LogP contribution is 2.44. The highest BCUT2D eigenvalue weighted by atomic mass is 79.9. The van der Waals surface area contributed by atoms with Gasteiger partial charge in [0.05, 0.1) is 17.2 Å². The Bertz CT molecular complexity index is 2150. The molecule has 4 aromatic carbocycles. The molecular weight excluding hydrogens is 734 g/mol. The van der Waals surface area contributed by atoms with Crippen molar-refractivity contribution in [3.8, 4) is 11.5 Å². The zero-order valence-electron chi connectivity index (χ0n) is 29.1. The number of aromatic nitrogens is 3. The molecule has 1 atom stereocenters. The number of carbonyl (C=O) groups is 1. The predicted octanol–water partition coefficient (Wildman–Crippen LogP) is 10.0. The summed E-state index contributed by atoms with van der Waals surface area (Å²) in [5, 5.41) is 12.7. The van der Waals surface area contributed by atoms with Gasteiger partial charge in [-0.25, -0.2) is 4.68 Å². The van der Waals surface area contributed by atoms with Gasteiger partial charge in [-0.05, 0) is 121 Å². The number of aryl methyl sites for hydroxylation is 5. The van der Waals surface area contributed by atoms with Gasteiger partial charge in [0.15, 0.2) is 11.5 Å². The lowest BCUT2D eigenvalue weighted by molar-refractivity contribution is -0.113. The minimum Gasteiger partial charge on any atom is -0.493 e. The molecule has 2 N–H and O–H groups in total. The number of fused-ring (bicyclic) bond motifs is 1. The van der Waals surface area contributed by atoms with E-state index in [-0.39, 0.29) is 5.91 Å². The maximum absolute atomic E-state index is 14.3. The number of amides is 1. The molecule has 0 radical (unpaired) electrons. The number of thioether (sulfide) groups is 1. The Hall–Kier alpha value is -4.25.